The molecule has 0 bridgehead atoms. The number of aromatic nitrogens is 3. The van der Waals surface area contributed by atoms with Gasteiger partial charge in [0.25, 0.3) is 0 Å². The second kappa shape index (κ2) is 7.81. The summed E-state index contributed by atoms with van der Waals surface area (Å²) in [6, 6.07) is 15.1. The summed E-state index contributed by atoms with van der Waals surface area (Å²) in [5, 5.41) is 11.6. The smallest absolute Gasteiger partial charge is 0.250 e. The van der Waals surface area contributed by atoms with Gasteiger partial charge in [-0.1, -0.05) is 42.5 Å². The molecule has 2 aromatic carbocycles. The number of nitrogens with zero attached hydrogens (tertiary/aromatic N) is 3. The monoisotopic (exact) mass is 400 g/mol. The molecule has 0 radical (unpaired) electrons. The van der Waals surface area contributed by atoms with Gasteiger partial charge in [-0.25, -0.2) is 12.8 Å². The van der Waals surface area contributed by atoms with E-state index in [1.807, 2.05) is 30.3 Å². The first kappa shape index (κ1) is 18.8. The van der Waals surface area contributed by atoms with E-state index in [4.69, 9.17) is 0 Å². The first-order valence-electron chi connectivity index (χ1n) is 9.20. The first-order chi connectivity index (χ1) is 13.5. The third-order valence-corrected chi connectivity index (χ3v) is 6.42. The number of nitrogens with one attached hydrogen (secondary N) is 1. The molecule has 8 heteroatoms. The largest absolute Gasteiger partial charge is 0.307 e. The van der Waals surface area contributed by atoms with Crippen LogP contribution in [0.3, 0.4) is 0 Å². The van der Waals surface area contributed by atoms with Crippen molar-refractivity contribution in [3.63, 3.8) is 0 Å². The van der Waals surface area contributed by atoms with E-state index < -0.39 is 15.7 Å². The highest BCUT2D eigenvalue weighted by Gasteiger charge is 2.29. The van der Waals surface area contributed by atoms with Crippen LogP contribution in [0.15, 0.2) is 59.8 Å². The molecule has 146 valence electrons. The Kier molecular flexibility index (Phi) is 5.23. The van der Waals surface area contributed by atoms with Crippen LogP contribution in [0, 0.1) is 5.82 Å². The van der Waals surface area contributed by atoms with Gasteiger partial charge in [-0.15, -0.1) is 10.2 Å². The molecule has 1 N–H and O–H groups in total. The van der Waals surface area contributed by atoms with Crippen molar-refractivity contribution >= 4 is 9.84 Å². The number of benzene rings is 2. The summed E-state index contributed by atoms with van der Waals surface area (Å²) in [7, 11) is -3.75. The van der Waals surface area contributed by atoms with Crippen molar-refractivity contribution in [2.24, 2.45) is 0 Å². The van der Waals surface area contributed by atoms with Crippen molar-refractivity contribution in [2.75, 3.05) is 6.54 Å². The van der Waals surface area contributed by atoms with Gasteiger partial charge in [-0.3, -0.25) is 4.57 Å². The summed E-state index contributed by atoms with van der Waals surface area (Å²) in [6.45, 7) is 1.25. The summed E-state index contributed by atoms with van der Waals surface area (Å²) in [6.07, 6.45) is 1.91. The van der Waals surface area contributed by atoms with Crippen molar-refractivity contribution in [1.29, 1.82) is 0 Å². The third kappa shape index (κ3) is 3.98. The van der Waals surface area contributed by atoms with Crippen LogP contribution in [0.25, 0.3) is 0 Å². The highest BCUT2D eigenvalue weighted by molar-refractivity contribution is 7.90. The molecule has 2 heterocycles. The van der Waals surface area contributed by atoms with Crippen molar-refractivity contribution < 1.29 is 12.8 Å². The number of hydrogen-bond donors (Lipinski definition) is 1. The molecule has 1 fully saturated rings. The van der Waals surface area contributed by atoms with Crippen LogP contribution < -0.4 is 5.32 Å². The van der Waals surface area contributed by atoms with Gasteiger partial charge in [0.15, 0.2) is 5.82 Å². The Hall–Kier alpha value is -2.58. The Balaban J connectivity index is 1.71. The fourth-order valence-electron chi connectivity index (χ4n) is 3.47. The molecule has 1 saturated heterocycles. The van der Waals surface area contributed by atoms with E-state index in [9.17, 15) is 12.8 Å². The molecule has 0 saturated carbocycles. The summed E-state index contributed by atoms with van der Waals surface area (Å²) < 4.78 is 41.0. The van der Waals surface area contributed by atoms with Gasteiger partial charge in [-0.2, -0.15) is 0 Å². The topological polar surface area (TPSA) is 76.9 Å². The van der Waals surface area contributed by atoms with Gasteiger partial charge in [0.05, 0.1) is 18.3 Å². The molecule has 1 unspecified atom stereocenters. The third-order valence-electron chi connectivity index (χ3n) is 4.85. The second-order valence-electron chi connectivity index (χ2n) is 6.95. The molecule has 1 aliphatic heterocycles. The van der Waals surface area contributed by atoms with Crippen molar-refractivity contribution in [2.45, 2.75) is 36.3 Å². The minimum atomic E-state index is -3.75. The van der Waals surface area contributed by atoms with Crippen LogP contribution in [0.1, 0.15) is 35.8 Å². The van der Waals surface area contributed by atoms with Gasteiger partial charge in [0, 0.05) is 0 Å². The second-order valence-corrected chi connectivity index (χ2v) is 8.83. The highest BCUT2D eigenvalue weighted by atomic mass is 32.2. The minimum Gasteiger partial charge on any atom is -0.307 e. The average molecular weight is 400 g/mol. The van der Waals surface area contributed by atoms with E-state index in [1.54, 1.807) is 4.57 Å². The van der Waals surface area contributed by atoms with Crippen LogP contribution in [0.2, 0.25) is 0 Å². The lowest BCUT2D eigenvalue weighted by molar-refractivity contribution is 0.535. The lowest BCUT2D eigenvalue weighted by atomic mass is 10.2. The van der Waals surface area contributed by atoms with Crippen molar-refractivity contribution in [3.8, 4) is 0 Å². The molecule has 28 heavy (non-hydrogen) atoms. The predicted octanol–water partition coefficient (Wildman–Crippen LogP) is 2.86. The number of halogens is 1. The number of rotatable bonds is 6. The van der Waals surface area contributed by atoms with Gasteiger partial charge in [-0.05, 0) is 42.6 Å². The maximum absolute atomic E-state index is 13.1. The molecular weight excluding hydrogens is 379 g/mol. The van der Waals surface area contributed by atoms with Gasteiger partial charge >= 0.3 is 0 Å². The molecule has 6 nitrogen and oxygen atoms in total. The predicted molar refractivity (Wildman–Crippen MR) is 103 cm³/mol. The SMILES string of the molecule is O=S(=O)(Cc1ccc(F)cc1)c1nnc(C2CCCN2)n1Cc1ccccc1. The summed E-state index contributed by atoms with van der Waals surface area (Å²) >= 11 is 0. The standard InChI is InChI=1S/C20H21FN4O2S/c21-17-10-8-16(9-11-17)14-28(26,27)20-24-23-19(18-7-4-12-22-18)25(20)13-15-5-2-1-3-6-15/h1-3,5-6,8-11,18,22H,4,7,12-14H2. The lowest BCUT2D eigenvalue weighted by Gasteiger charge is -2.14. The van der Waals surface area contributed by atoms with Crippen LogP contribution in [-0.2, 0) is 22.1 Å². The summed E-state index contributed by atoms with van der Waals surface area (Å²) in [4.78, 5) is 0. The minimum absolute atomic E-state index is 0.00835. The first-order valence-corrected chi connectivity index (χ1v) is 10.9. The van der Waals surface area contributed by atoms with Crippen LogP contribution in [0.4, 0.5) is 4.39 Å². The van der Waals surface area contributed by atoms with E-state index in [2.05, 4.69) is 15.5 Å². The zero-order valence-electron chi connectivity index (χ0n) is 15.3. The fraction of sp³-hybridized carbons (Fsp3) is 0.300. The number of hydrogen-bond acceptors (Lipinski definition) is 5. The highest BCUT2D eigenvalue weighted by Crippen LogP contribution is 2.26. The quantitative estimate of drug-likeness (QED) is 0.689. The van der Waals surface area contributed by atoms with E-state index in [1.165, 1.54) is 24.3 Å². The molecule has 3 aromatic rings. The Morgan fingerprint density at radius 1 is 1.04 bits per heavy atom. The van der Waals surface area contributed by atoms with Crippen molar-refractivity contribution in [1.82, 2.24) is 20.1 Å². The lowest BCUT2D eigenvalue weighted by Crippen LogP contribution is -2.21. The van der Waals surface area contributed by atoms with Gasteiger partial charge < -0.3 is 5.32 Å². The fourth-order valence-corrected chi connectivity index (χ4v) is 4.89. The summed E-state index contributed by atoms with van der Waals surface area (Å²) in [5.41, 5.74) is 1.48. The maximum atomic E-state index is 13.1. The van der Waals surface area contributed by atoms with Crippen LogP contribution >= 0.6 is 0 Å². The Morgan fingerprint density at radius 3 is 2.46 bits per heavy atom. The molecule has 4 rings (SSSR count). The van der Waals surface area contributed by atoms with E-state index in [0.717, 1.165) is 24.9 Å². The Morgan fingerprint density at radius 2 is 1.79 bits per heavy atom. The molecule has 0 spiro atoms. The van der Waals surface area contributed by atoms with Gasteiger partial charge in [0.2, 0.25) is 15.0 Å². The zero-order chi connectivity index (χ0) is 19.6. The molecule has 0 amide bonds. The van der Waals surface area contributed by atoms with Crippen LogP contribution in [-0.4, -0.2) is 29.7 Å². The van der Waals surface area contributed by atoms with Gasteiger partial charge in [0.1, 0.15) is 5.82 Å². The maximum Gasteiger partial charge on any atom is 0.250 e. The van der Waals surface area contributed by atoms with E-state index >= 15 is 0 Å². The van der Waals surface area contributed by atoms with E-state index in [-0.39, 0.29) is 17.0 Å². The van der Waals surface area contributed by atoms with Crippen molar-refractivity contribution in [3.05, 3.63) is 77.4 Å². The molecular formula is C20H21FN4O2S. The molecule has 1 atom stereocenters. The molecule has 0 aliphatic carbocycles. The molecule has 1 aromatic heterocycles. The Labute approximate surface area is 163 Å². The summed E-state index contributed by atoms with van der Waals surface area (Å²) in [5.74, 6) is -0.0137. The van der Waals surface area contributed by atoms with Crippen LogP contribution in [0.5, 0.6) is 0 Å². The average Bonchev–Trinajstić information content (AvgIpc) is 3.34. The Bertz CT molecular complexity index is 1040. The van der Waals surface area contributed by atoms with E-state index in [0.29, 0.717) is 17.9 Å². The normalized spacial score (nSPS) is 17.1. The number of sulfone groups is 1. The zero-order valence-corrected chi connectivity index (χ0v) is 16.1. The molecule has 1 aliphatic rings.